The predicted octanol–water partition coefficient (Wildman–Crippen LogP) is 4.98. The lowest BCUT2D eigenvalue weighted by molar-refractivity contribution is -0.142. The number of benzene rings is 1. The Labute approximate surface area is 122 Å². The molecule has 0 radical (unpaired) electrons. The van der Waals surface area contributed by atoms with E-state index in [2.05, 4.69) is 38.1 Å². The normalized spacial score (nSPS) is 12.6. The van der Waals surface area contributed by atoms with E-state index in [1.165, 1.54) is 38.2 Å². The van der Waals surface area contributed by atoms with Gasteiger partial charge in [0.05, 0.1) is 0 Å². The Morgan fingerprint density at radius 1 is 1.25 bits per heavy atom. The van der Waals surface area contributed by atoms with Gasteiger partial charge in [-0.2, -0.15) is 0 Å². The summed E-state index contributed by atoms with van der Waals surface area (Å²) in [5, 5.41) is 0. The molecule has 0 bridgehead atoms. The highest BCUT2D eigenvalue weighted by atomic mass is 16.5. The molecule has 0 spiro atoms. The molecule has 0 aliphatic rings. The van der Waals surface area contributed by atoms with Crippen molar-refractivity contribution in [2.45, 2.75) is 53.1 Å². The van der Waals surface area contributed by atoms with Gasteiger partial charge in [-0.25, -0.2) is 0 Å². The fourth-order valence-electron chi connectivity index (χ4n) is 2.06. The number of carbonyl (C=O) groups is 1. The number of unbranched alkanes of at least 4 members (excludes halogenated alkanes) is 1. The van der Waals surface area contributed by atoms with Crippen LogP contribution in [0, 0.1) is 5.92 Å². The summed E-state index contributed by atoms with van der Waals surface area (Å²) in [4.78, 5) is 10.7. The van der Waals surface area contributed by atoms with Crippen molar-refractivity contribution >= 4 is 12.0 Å². The SMILES string of the molecule is CCCCC(/C=C/c1ccc(COC(C)=O)cc1)CC. The maximum absolute atomic E-state index is 10.7. The molecule has 20 heavy (non-hydrogen) atoms. The van der Waals surface area contributed by atoms with E-state index in [1.54, 1.807) is 0 Å². The van der Waals surface area contributed by atoms with Crippen LogP contribution >= 0.6 is 0 Å². The molecule has 2 nitrogen and oxygen atoms in total. The quantitative estimate of drug-likeness (QED) is 0.625. The first-order valence-electron chi connectivity index (χ1n) is 7.56. The highest BCUT2D eigenvalue weighted by Crippen LogP contribution is 2.16. The zero-order valence-electron chi connectivity index (χ0n) is 12.9. The van der Waals surface area contributed by atoms with Crippen LogP contribution in [-0.2, 0) is 16.1 Å². The van der Waals surface area contributed by atoms with Crippen molar-refractivity contribution in [2.75, 3.05) is 0 Å². The molecule has 2 heteroatoms. The monoisotopic (exact) mass is 274 g/mol. The van der Waals surface area contributed by atoms with E-state index in [4.69, 9.17) is 4.74 Å². The smallest absolute Gasteiger partial charge is 0.302 e. The van der Waals surface area contributed by atoms with Crippen LogP contribution in [0.25, 0.3) is 6.08 Å². The molecular formula is C18H26O2. The molecule has 0 saturated carbocycles. The lowest BCUT2D eigenvalue weighted by Crippen LogP contribution is -1.98. The largest absolute Gasteiger partial charge is 0.461 e. The fraction of sp³-hybridized carbons (Fsp3) is 0.500. The van der Waals surface area contributed by atoms with Crippen LogP contribution in [-0.4, -0.2) is 5.97 Å². The number of hydrogen-bond acceptors (Lipinski definition) is 2. The van der Waals surface area contributed by atoms with Gasteiger partial charge >= 0.3 is 5.97 Å². The number of ether oxygens (including phenoxy) is 1. The second kappa shape index (κ2) is 9.35. The van der Waals surface area contributed by atoms with Gasteiger partial charge in [-0.05, 0) is 29.9 Å². The third-order valence-corrected chi connectivity index (χ3v) is 3.44. The average Bonchev–Trinajstić information content (AvgIpc) is 2.46. The van der Waals surface area contributed by atoms with Crippen molar-refractivity contribution in [3.05, 3.63) is 41.5 Å². The summed E-state index contributed by atoms with van der Waals surface area (Å²) in [6.07, 6.45) is 9.53. The van der Waals surface area contributed by atoms with Crippen LogP contribution < -0.4 is 0 Å². The average molecular weight is 274 g/mol. The van der Waals surface area contributed by atoms with Gasteiger partial charge in [0.1, 0.15) is 6.61 Å². The lowest BCUT2D eigenvalue weighted by Gasteiger charge is -2.08. The van der Waals surface area contributed by atoms with Gasteiger partial charge in [-0.1, -0.05) is 63.1 Å². The van der Waals surface area contributed by atoms with Crippen molar-refractivity contribution in [2.24, 2.45) is 5.92 Å². The summed E-state index contributed by atoms with van der Waals surface area (Å²) in [6, 6.07) is 8.16. The molecule has 1 unspecified atom stereocenters. The number of carbonyl (C=O) groups excluding carboxylic acids is 1. The first-order valence-corrected chi connectivity index (χ1v) is 7.56. The van der Waals surface area contributed by atoms with Gasteiger partial charge in [-0.3, -0.25) is 4.79 Å². The zero-order valence-corrected chi connectivity index (χ0v) is 12.9. The second-order valence-electron chi connectivity index (χ2n) is 5.19. The van der Waals surface area contributed by atoms with Crippen molar-refractivity contribution in [1.82, 2.24) is 0 Å². The zero-order chi connectivity index (χ0) is 14.8. The molecule has 1 rings (SSSR count). The maximum atomic E-state index is 10.7. The Morgan fingerprint density at radius 3 is 2.50 bits per heavy atom. The maximum Gasteiger partial charge on any atom is 0.302 e. The number of rotatable bonds is 8. The summed E-state index contributed by atoms with van der Waals surface area (Å²) in [6.45, 7) is 6.26. The van der Waals surface area contributed by atoms with E-state index in [0.717, 1.165) is 5.56 Å². The highest BCUT2D eigenvalue weighted by Gasteiger charge is 2.01. The van der Waals surface area contributed by atoms with Crippen molar-refractivity contribution in [3.8, 4) is 0 Å². The molecule has 110 valence electrons. The Kier molecular flexibility index (Phi) is 7.71. The molecule has 0 aromatic heterocycles. The minimum absolute atomic E-state index is 0.240. The van der Waals surface area contributed by atoms with Crippen LogP contribution in [0.1, 0.15) is 57.6 Å². The van der Waals surface area contributed by atoms with Gasteiger partial charge in [0.25, 0.3) is 0 Å². The van der Waals surface area contributed by atoms with E-state index in [9.17, 15) is 4.79 Å². The predicted molar refractivity (Wildman–Crippen MR) is 84.3 cm³/mol. The number of allylic oxidation sites excluding steroid dienone is 1. The first-order chi connectivity index (χ1) is 9.65. The second-order valence-corrected chi connectivity index (χ2v) is 5.19. The van der Waals surface area contributed by atoms with E-state index in [0.29, 0.717) is 12.5 Å². The summed E-state index contributed by atoms with van der Waals surface area (Å²) in [7, 11) is 0. The molecule has 0 N–H and O–H groups in total. The molecule has 0 aliphatic carbocycles. The van der Waals surface area contributed by atoms with E-state index < -0.39 is 0 Å². The molecule has 1 atom stereocenters. The third kappa shape index (κ3) is 6.55. The van der Waals surface area contributed by atoms with Gasteiger partial charge in [0.2, 0.25) is 0 Å². The summed E-state index contributed by atoms with van der Waals surface area (Å²) < 4.78 is 4.97. The Morgan fingerprint density at radius 2 is 1.95 bits per heavy atom. The van der Waals surface area contributed by atoms with Crippen LogP contribution in [0.4, 0.5) is 0 Å². The van der Waals surface area contributed by atoms with E-state index in [-0.39, 0.29) is 5.97 Å². The molecule has 0 amide bonds. The van der Waals surface area contributed by atoms with Crippen molar-refractivity contribution < 1.29 is 9.53 Å². The first kappa shape index (κ1) is 16.5. The molecular weight excluding hydrogens is 248 g/mol. The van der Waals surface area contributed by atoms with Crippen LogP contribution in [0.15, 0.2) is 30.3 Å². The molecule has 0 heterocycles. The standard InChI is InChI=1S/C18H26O2/c1-4-6-7-16(5-2)8-9-17-10-12-18(13-11-17)14-20-15(3)19/h8-13,16H,4-7,14H2,1-3H3/b9-8+. The highest BCUT2D eigenvalue weighted by molar-refractivity contribution is 5.65. The Hall–Kier alpha value is -1.57. The molecule has 0 aliphatic heterocycles. The third-order valence-electron chi connectivity index (χ3n) is 3.44. The minimum Gasteiger partial charge on any atom is -0.461 e. The minimum atomic E-state index is -0.240. The Balaban J connectivity index is 2.52. The molecule has 1 aromatic carbocycles. The topological polar surface area (TPSA) is 26.3 Å². The Bertz CT molecular complexity index is 418. The van der Waals surface area contributed by atoms with Crippen LogP contribution in [0.2, 0.25) is 0 Å². The van der Waals surface area contributed by atoms with Crippen LogP contribution in [0.5, 0.6) is 0 Å². The van der Waals surface area contributed by atoms with Gasteiger partial charge in [0, 0.05) is 6.92 Å². The van der Waals surface area contributed by atoms with E-state index in [1.807, 2.05) is 12.1 Å². The van der Waals surface area contributed by atoms with Crippen molar-refractivity contribution in [3.63, 3.8) is 0 Å². The fourth-order valence-corrected chi connectivity index (χ4v) is 2.06. The van der Waals surface area contributed by atoms with Gasteiger partial charge in [-0.15, -0.1) is 0 Å². The summed E-state index contributed by atoms with van der Waals surface area (Å²) in [5.41, 5.74) is 2.22. The summed E-state index contributed by atoms with van der Waals surface area (Å²) in [5.74, 6) is 0.436. The number of hydrogen-bond donors (Lipinski definition) is 0. The lowest BCUT2D eigenvalue weighted by atomic mass is 9.98. The van der Waals surface area contributed by atoms with Gasteiger partial charge in [0.15, 0.2) is 0 Å². The molecule has 0 saturated heterocycles. The van der Waals surface area contributed by atoms with Gasteiger partial charge < -0.3 is 4.74 Å². The molecule has 0 fully saturated rings. The van der Waals surface area contributed by atoms with Crippen molar-refractivity contribution in [1.29, 1.82) is 0 Å². The van der Waals surface area contributed by atoms with E-state index >= 15 is 0 Å². The molecule has 1 aromatic rings. The summed E-state index contributed by atoms with van der Waals surface area (Å²) >= 11 is 0. The number of esters is 1. The van der Waals surface area contributed by atoms with Crippen LogP contribution in [0.3, 0.4) is 0 Å².